The van der Waals surface area contributed by atoms with Crippen molar-refractivity contribution in [3.63, 3.8) is 0 Å². The van der Waals surface area contributed by atoms with E-state index in [4.69, 9.17) is 9.84 Å². The van der Waals surface area contributed by atoms with Gasteiger partial charge in [0, 0.05) is 0 Å². The highest BCUT2D eigenvalue weighted by Crippen LogP contribution is 2.09. The van der Waals surface area contributed by atoms with Gasteiger partial charge >= 0.3 is 17.9 Å². The van der Waals surface area contributed by atoms with E-state index in [0.29, 0.717) is 0 Å². The second-order valence-electron chi connectivity index (χ2n) is 4.14. The van der Waals surface area contributed by atoms with Gasteiger partial charge in [0.05, 0.1) is 12.8 Å². The Hall–Kier alpha value is -1.59. The van der Waals surface area contributed by atoms with Gasteiger partial charge < -0.3 is 14.6 Å². The molecule has 0 radical (unpaired) electrons. The fraction of sp³-hybridized carbons (Fsp3) is 0.700. The maximum absolute atomic E-state index is 11.2. The first-order chi connectivity index (χ1) is 7.20. The molecule has 0 heterocycles. The van der Waals surface area contributed by atoms with E-state index in [1.165, 1.54) is 0 Å². The second kappa shape index (κ2) is 6.09. The largest absolute Gasteiger partial charge is 0.479 e. The first-order valence-electron chi connectivity index (χ1n) is 4.80. The Morgan fingerprint density at radius 3 is 2.00 bits per heavy atom. The van der Waals surface area contributed by atoms with E-state index < -0.39 is 30.1 Å². The molecule has 1 N–H and O–H groups in total. The van der Waals surface area contributed by atoms with Crippen molar-refractivity contribution in [3.05, 3.63) is 0 Å². The van der Waals surface area contributed by atoms with Crippen LogP contribution in [-0.2, 0) is 23.9 Å². The fourth-order valence-electron chi connectivity index (χ4n) is 0.811. The highest BCUT2D eigenvalue weighted by Gasteiger charge is 2.17. The highest BCUT2D eigenvalue weighted by molar-refractivity contribution is 5.79. The van der Waals surface area contributed by atoms with Gasteiger partial charge in [-0.3, -0.25) is 9.59 Å². The SMILES string of the molecule is CC(C)(C)OC(=O)CCC(=O)OCC(=O)O. The lowest BCUT2D eigenvalue weighted by molar-refractivity contribution is -0.160. The molecular formula is C10H16O6. The van der Waals surface area contributed by atoms with Crippen molar-refractivity contribution in [3.8, 4) is 0 Å². The summed E-state index contributed by atoms with van der Waals surface area (Å²) in [4.78, 5) is 32.1. The van der Waals surface area contributed by atoms with Gasteiger partial charge in [0.15, 0.2) is 6.61 Å². The van der Waals surface area contributed by atoms with E-state index in [9.17, 15) is 14.4 Å². The van der Waals surface area contributed by atoms with Crippen LogP contribution in [0.15, 0.2) is 0 Å². The Bertz CT molecular complexity index is 276. The molecule has 0 aliphatic rings. The van der Waals surface area contributed by atoms with E-state index in [2.05, 4.69) is 4.74 Å². The zero-order valence-electron chi connectivity index (χ0n) is 9.61. The molecule has 0 saturated carbocycles. The molecule has 0 saturated heterocycles. The number of ether oxygens (including phenoxy) is 2. The van der Waals surface area contributed by atoms with Gasteiger partial charge in [0.1, 0.15) is 5.60 Å². The van der Waals surface area contributed by atoms with Crippen molar-refractivity contribution in [2.24, 2.45) is 0 Å². The summed E-state index contributed by atoms with van der Waals surface area (Å²) >= 11 is 0. The average molecular weight is 232 g/mol. The van der Waals surface area contributed by atoms with Gasteiger partial charge in [-0.1, -0.05) is 0 Å². The Kier molecular flexibility index (Phi) is 5.49. The zero-order chi connectivity index (χ0) is 12.8. The number of carbonyl (C=O) groups excluding carboxylic acids is 2. The third kappa shape index (κ3) is 8.98. The number of aliphatic carboxylic acids is 1. The number of carboxylic acid groups (broad SMARTS) is 1. The first-order valence-corrected chi connectivity index (χ1v) is 4.80. The number of rotatable bonds is 5. The molecule has 6 nitrogen and oxygen atoms in total. The fourth-order valence-corrected chi connectivity index (χ4v) is 0.811. The third-order valence-corrected chi connectivity index (χ3v) is 1.31. The lowest BCUT2D eigenvalue weighted by Gasteiger charge is -2.19. The molecule has 0 aromatic carbocycles. The Morgan fingerprint density at radius 1 is 1.06 bits per heavy atom. The van der Waals surface area contributed by atoms with E-state index in [1.807, 2.05) is 0 Å². The predicted molar refractivity (Wildman–Crippen MR) is 53.7 cm³/mol. The number of hydrogen-bond acceptors (Lipinski definition) is 5. The molecule has 0 rings (SSSR count). The standard InChI is InChI=1S/C10H16O6/c1-10(2,3)16-9(14)5-4-8(13)15-6-7(11)12/h4-6H2,1-3H3,(H,11,12). The smallest absolute Gasteiger partial charge is 0.341 e. The van der Waals surface area contributed by atoms with Gasteiger partial charge in [-0.25, -0.2) is 4.79 Å². The van der Waals surface area contributed by atoms with Gasteiger partial charge in [0.25, 0.3) is 0 Å². The summed E-state index contributed by atoms with van der Waals surface area (Å²) in [5.41, 5.74) is -0.595. The molecule has 0 aromatic heterocycles. The quantitative estimate of drug-likeness (QED) is 0.703. The van der Waals surface area contributed by atoms with Crippen LogP contribution in [0.1, 0.15) is 33.6 Å². The maximum Gasteiger partial charge on any atom is 0.341 e. The van der Waals surface area contributed by atoms with Crippen LogP contribution in [0.25, 0.3) is 0 Å². The van der Waals surface area contributed by atoms with Gasteiger partial charge in [-0.15, -0.1) is 0 Å². The lowest BCUT2D eigenvalue weighted by Crippen LogP contribution is -2.24. The number of carbonyl (C=O) groups is 3. The van der Waals surface area contributed by atoms with E-state index in [-0.39, 0.29) is 12.8 Å². The summed E-state index contributed by atoms with van der Waals surface area (Å²) in [5.74, 6) is -2.47. The van der Waals surface area contributed by atoms with Crippen LogP contribution in [0.3, 0.4) is 0 Å². The number of esters is 2. The van der Waals surface area contributed by atoms with Crippen LogP contribution in [-0.4, -0.2) is 35.2 Å². The van der Waals surface area contributed by atoms with E-state index >= 15 is 0 Å². The molecule has 16 heavy (non-hydrogen) atoms. The molecule has 0 spiro atoms. The Balaban J connectivity index is 3.76. The van der Waals surface area contributed by atoms with Gasteiger partial charge in [-0.2, -0.15) is 0 Å². The summed E-state index contributed by atoms with van der Waals surface area (Å²) in [6, 6.07) is 0. The molecule has 0 fully saturated rings. The Morgan fingerprint density at radius 2 is 1.56 bits per heavy atom. The predicted octanol–water partition coefficient (Wildman–Crippen LogP) is 0.736. The number of hydrogen-bond donors (Lipinski definition) is 1. The molecule has 0 unspecified atom stereocenters. The molecule has 6 heteroatoms. The van der Waals surface area contributed by atoms with Crippen molar-refractivity contribution >= 4 is 17.9 Å². The molecule has 0 atom stereocenters. The molecule has 0 amide bonds. The molecule has 0 bridgehead atoms. The second-order valence-corrected chi connectivity index (χ2v) is 4.14. The van der Waals surface area contributed by atoms with Crippen LogP contribution < -0.4 is 0 Å². The molecule has 0 aromatic rings. The van der Waals surface area contributed by atoms with Gasteiger partial charge in [0.2, 0.25) is 0 Å². The van der Waals surface area contributed by atoms with Crippen molar-refractivity contribution < 1.29 is 29.0 Å². The van der Waals surface area contributed by atoms with Crippen LogP contribution in [0, 0.1) is 0 Å². The van der Waals surface area contributed by atoms with Gasteiger partial charge in [-0.05, 0) is 20.8 Å². The topological polar surface area (TPSA) is 89.9 Å². The summed E-state index contributed by atoms with van der Waals surface area (Å²) in [6.45, 7) is 4.46. The lowest BCUT2D eigenvalue weighted by atomic mass is 10.2. The highest BCUT2D eigenvalue weighted by atomic mass is 16.6. The van der Waals surface area contributed by atoms with Crippen LogP contribution in [0.5, 0.6) is 0 Å². The van der Waals surface area contributed by atoms with Crippen molar-refractivity contribution in [1.82, 2.24) is 0 Å². The first kappa shape index (κ1) is 14.4. The minimum atomic E-state index is -1.23. The van der Waals surface area contributed by atoms with Crippen LogP contribution in [0.2, 0.25) is 0 Å². The van der Waals surface area contributed by atoms with Crippen LogP contribution in [0.4, 0.5) is 0 Å². The molecule has 0 aliphatic heterocycles. The summed E-state index contributed by atoms with van der Waals surface area (Å²) in [6.07, 6.45) is -0.294. The minimum Gasteiger partial charge on any atom is -0.479 e. The summed E-state index contributed by atoms with van der Waals surface area (Å²) in [5, 5.41) is 8.22. The average Bonchev–Trinajstić information content (AvgIpc) is 2.08. The summed E-state index contributed by atoms with van der Waals surface area (Å²) < 4.78 is 9.29. The minimum absolute atomic E-state index is 0.115. The molecule has 92 valence electrons. The maximum atomic E-state index is 11.2. The van der Waals surface area contributed by atoms with Crippen molar-refractivity contribution in [2.45, 2.75) is 39.2 Å². The monoisotopic (exact) mass is 232 g/mol. The summed E-state index contributed by atoms with van der Waals surface area (Å²) in [7, 11) is 0. The molecule has 0 aliphatic carbocycles. The van der Waals surface area contributed by atoms with E-state index in [0.717, 1.165) is 0 Å². The van der Waals surface area contributed by atoms with E-state index in [1.54, 1.807) is 20.8 Å². The van der Waals surface area contributed by atoms with Crippen LogP contribution >= 0.6 is 0 Å². The molecular weight excluding hydrogens is 216 g/mol. The normalized spacial score (nSPS) is 10.7. The third-order valence-electron chi connectivity index (χ3n) is 1.31. The van der Waals surface area contributed by atoms with Crippen molar-refractivity contribution in [2.75, 3.05) is 6.61 Å². The number of carboxylic acids is 1. The zero-order valence-corrected chi connectivity index (χ0v) is 9.61. The van der Waals surface area contributed by atoms with Crippen molar-refractivity contribution in [1.29, 1.82) is 0 Å². The Labute approximate surface area is 93.5 Å².